The highest BCUT2D eigenvalue weighted by molar-refractivity contribution is 5.94. The molecule has 2 heterocycles. The van der Waals surface area contributed by atoms with Gasteiger partial charge in [0.2, 0.25) is 0 Å². The number of hydrogen-bond donors (Lipinski definition) is 1. The first-order valence-corrected chi connectivity index (χ1v) is 10.4. The maximum atomic E-state index is 12.8. The maximum Gasteiger partial charge on any atom is 0.274 e. The van der Waals surface area contributed by atoms with E-state index in [2.05, 4.69) is 20.8 Å². The van der Waals surface area contributed by atoms with E-state index in [1.54, 1.807) is 11.8 Å². The molecule has 5 aromatic rings. The molecule has 1 amide bonds. The van der Waals surface area contributed by atoms with Gasteiger partial charge in [-0.25, -0.2) is 4.68 Å². The van der Waals surface area contributed by atoms with Crippen molar-refractivity contribution in [3.05, 3.63) is 89.7 Å². The van der Waals surface area contributed by atoms with E-state index in [0.29, 0.717) is 18.0 Å². The average molecular weight is 439 g/mol. The van der Waals surface area contributed by atoms with Crippen LogP contribution in [0.3, 0.4) is 0 Å². The number of nitrogens with zero attached hydrogens (tertiary/aromatic N) is 4. The molecular weight excluding hydrogens is 418 g/mol. The van der Waals surface area contributed by atoms with Crippen LogP contribution in [-0.2, 0) is 6.54 Å². The summed E-state index contributed by atoms with van der Waals surface area (Å²) in [6.45, 7) is 2.14. The second-order valence-corrected chi connectivity index (χ2v) is 7.51. The number of methoxy groups -OCH3 is 1. The molecule has 0 saturated heterocycles. The van der Waals surface area contributed by atoms with Gasteiger partial charge in [-0.3, -0.25) is 4.79 Å². The van der Waals surface area contributed by atoms with Crippen molar-refractivity contribution < 1.29 is 14.1 Å². The number of aromatic nitrogens is 4. The molecule has 0 atom stereocenters. The Morgan fingerprint density at radius 3 is 2.67 bits per heavy atom. The normalized spacial score (nSPS) is 11.0. The van der Waals surface area contributed by atoms with Gasteiger partial charge in [0.25, 0.3) is 5.91 Å². The third-order valence-corrected chi connectivity index (χ3v) is 5.48. The summed E-state index contributed by atoms with van der Waals surface area (Å²) in [5.41, 5.74) is 4.21. The molecular formula is C25H21N5O3. The lowest BCUT2D eigenvalue weighted by molar-refractivity contribution is 0.0945. The number of fused-ring (bicyclic) bond motifs is 1. The van der Waals surface area contributed by atoms with E-state index in [0.717, 1.165) is 33.5 Å². The minimum atomic E-state index is -0.305. The lowest BCUT2D eigenvalue weighted by atomic mass is 10.1. The molecule has 0 radical (unpaired) electrons. The molecule has 3 aromatic carbocycles. The van der Waals surface area contributed by atoms with Crippen molar-refractivity contribution in [1.29, 1.82) is 0 Å². The number of carbonyl (C=O) groups is 1. The van der Waals surface area contributed by atoms with Gasteiger partial charge < -0.3 is 14.6 Å². The van der Waals surface area contributed by atoms with Gasteiger partial charge in [0.15, 0.2) is 11.5 Å². The predicted octanol–water partition coefficient (Wildman–Crippen LogP) is 4.32. The Morgan fingerprint density at radius 2 is 1.85 bits per heavy atom. The number of carbonyl (C=O) groups excluding carboxylic acids is 1. The Kier molecular flexibility index (Phi) is 5.32. The first-order valence-electron chi connectivity index (χ1n) is 10.4. The molecule has 164 valence electrons. The minimum absolute atomic E-state index is 0.263. The fraction of sp³-hybridized carbons (Fsp3) is 0.120. The van der Waals surface area contributed by atoms with E-state index in [4.69, 9.17) is 9.26 Å². The molecule has 0 spiro atoms. The number of nitrogens with one attached hydrogen (secondary N) is 1. The van der Waals surface area contributed by atoms with Crippen molar-refractivity contribution in [2.24, 2.45) is 0 Å². The summed E-state index contributed by atoms with van der Waals surface area (Å²) in [5.74, 6) is 1.09. The Bertz CT molecular complexity index is 1440. The molecule has 0 fully saturated rings. The summed E-state index contributed by atoms with van der Waals surface area (Å²) in [7, 11) is 1.60. The van der Waals surface area contributed by atoms with Crippen LogP contribution in [0, 0.1) is 6.92 Å². The monoisotopic (exact) mass is 439 g/mol. The van der Waals surface area contributed by atoms with Crippen molar-refractivity contribution >= 4 is 16.8 Å². The third kappa shape index (κ3) is 3.82. The van der Waals surface area contributed by atoms with Gasteiger partial charge in [0, 0.05) is 17.7 Å². The smallest absolute Gasteiger partial charge is 0.274 e. The Hall–Kier alpha value is -4.46. The van der Waals surface area contributed by atoms with Crippen LogP contribution < -0.4 is 10.1 Å². The fourth-order valence-corrected chi connectivity index (χ4v) is 3.75. The fourth-order valence-electron chi connectivity index (χ4n) is 3.75. The first-order chi connectivity index (χ1) is 16.2. The molecule has 0 aliphatic heterocycles. The maximum absolute atomic E-state index is 12.8. The van der Waals surface area contributed by atoms with Crippen molar-refractivity contribution in [1.82, 2.24) is 25.5 Å². The van der Waals surface area contributed by atoms with Gasteiger partial charge in [0.1, 0.15) is 11.3 Å². The number of hydrogen-bond acceptors (Lipinski definition) is 6. The van der Waals surface area contributed by atoms with Crippen LogP contribution in [0.4, 0.5) is 0 Å². The molecule has 8 nitrogen and oxygen atoms in total. The number of amides is 1. The molecule has 33 heavy (non-hydrogen) atoms. The average Bonchev–Trinajstić information content (AvgIpc) is 3.46. The van der Waals surface area contributed by atoms with E-state index in [1.807, 2.05) is 79.7 Å². The minimum Gasteiger partial charge on any atom is -0.496 e. The van der Waals surface area contributed by atoms with E-state index >= 15 is 0 Å². The molecule has 0 bridgehead atoms. The Labute approximate surface area is 189 Å². The van der Waals surface area contributed by atoms with Crippen LogP contribution in [0.1, 0.15) is 21.7 Å². The van der Waals surface area contributed by atoms with Crippen molar-refractivity contribution in [3.8, 4) is 22.8 Å². The van der Waals surface area contributed by atoms with Crippen molar-refractivity contribution in [2.75, 3.05) is 7.11 Å². The van der Waals surface area contributed by atoms with Crippen LogP contribution in [0.15, 0.2) is 77.3 Å². The van der Waals surface area contributed by atoms with E-state index in [9.17, 15) is 4.79 Å². The Balaban J connectivity index is 1.42. The molecule has 5 rings (SSSR count). The number of ether oxygens (including phenoxy) is 1. The van der Waals surface area contributed by atoms with Crippen molar-refractivity contribution in [3.63, 3.8) is 0 Å². The summed E-state index contributed by atoms with van der Waals surface area (Å²) in [4.78, 5) is 12.8. The highest BCUT2D eigenvalue weighted by Crippen LogP contribution is 2.30. The first kappa shape index (κ1) is 20.4. The van der Waals surface area contributed by atoms with Crippen LogP contribution in [0.2, 0.25) is 0 Å². The zero-order valence-electron chi connectivity index (χ0n) is 18.1. The summed E-state index contributed by atoms with van der Waals surface area (Å²) in [6, 6.07) is 23.0. The van der Waals surface area contributed by atoms with E-state index in [-0.39, 0.29) is 11.6 Å². The second-order valence-electron chi connectivity index (χ2n) is 7.51. The second kappa shape index (κ2) is 8.58. The lowest BCUT2D eigenvalue weighted by Gasteiger charge is -2.09. The number of rotatable bonds is 6. The molecule has 8 heteroatoms. The lowest BCUT2D eigenvalue weighted by Crippen LogP contribution is -2.24. The van der Waals surface area contributed by atoms with Gasteiger partial charge in [-0.15, -0.1) is 5.10 Å². The third-order valence-electron chi connectivity index (χ3n) is 5.48. The quantitative estimate of drug-likeness (QED) is 0.423. The van der Waals surface area contributed by atoms with Crippen molar-refractivity contribution in [2.45, 2.75) is 13.5 Å². The summed E-state index contributed by atoms with van der Waals surface area (Å²) in [5, 5.41) is 16.3. The largest absolute Gasteiger partial charge is 0.496 e. The summed E-state index contributed by atoms with van der Waals surface area (Å²) in [6.07, 6.45) is 0. The van der Waals surface area contributed by atoms with E-state index < -0.39 is 0 Å². The van der Waals surface area contributed by atoms with Crippen LogP contribution in [0.25, 0.3) is 27.9 Å². The Morgan fingerprint density at radius 1 is 1.06 bits per heavy atom. The van der Waals surface area contributed by atoms with Gasteiger partial charge in [-0.05, 0) is 31.2 Å². The SMILES string of the molecule is COc1ccccc1CNC(=O)c1nnn(-c2ccc3noc(-c4ccccc4)c3c2)c1C. The van der Waals surface area contributed by atoms with E-state index in [1.165, 1.54) is 0 Å². The van der Waals surface area contributed by atoms with Gasteiger partial charge in [0.05, 0.1) is 23.9 Å². The number of para-hydroxylation sites is 1. The number of benzene rings is 3. The summed E-state index contributed by atoms with van der Waals surface area (Å²) >= 11 is 0. The molecule has 0 aliphatic rings. The van der Waals surface area contributed by atoms with Crippen LogP contribution >= 0.6 is 0 Å². The van der Waals surface area contributed by atoms with Gasteiger partial charge >= 0.3 is 0 Å². The molecule has 1 N–H and O–H groups in total. The van der Waals surface area contributed by atoms with Gasteiger partial charge in [-0.1, -0.05) is 58.9 Å². The molecule has 0 aliphatic carbocycles. The molecule has 0 unspecified atom stereocenters. The highest BCUT2D eigenvalue weighted by atomic mass is 16.5. The topological polar surface area (TPSA) is 95.1 Å². The predicted molar refractivity (Wildman–Crippen MR) is 123 cm³/mol. The summed E-state index contributed by atoms with van der Waals surface area (Å²) < 4.78 is 12.6. The zero-order chi connectivity index (χ0) is 22.8. The van der Waals surface area contributed by atoms with Gasteiger partial charge in [-0.2, -0.15) is 0 Å². The molecule has 2 aromatic heterocycles. The molecule has 0 saturated carbocycles. The zero-order valence-corrected chi connectivity index (χ0v) is 18.1. The standard InChI is InChI=1S/C25H21N5O3/c1-16-23(25(31)26-15-18-10-6-7-11-22(18)32-2)27-29-30(16)19-12-13-21-20(14-19)24(33-28-21)17-8-4-3-5-9-17/h3-14H,15H2,1-2H3,(H,26,31). The van der Waals surface area contributed by atoms with Crippen LogP contribution in [0.5, 0.6) is 5.75 Å². The van der Waals surface area contributed by atoms with Crippen LogP contribution in [-0.4, -0.2) is 33.2 Å². The highest BCUT2D eigenvalue weighted by Gasteiger charge is 2.19.